The van der Waals surface area contributed by atoms with Gasteiger partial charge < -0.3 is 10.6 Å². The molecule has 2 rings (SSSR count). The van der Waals surface area contributed by atoms with Gasteiger partial charge in [-0.2, -0.15) is 11.3 Å². The summed E-state index contributed by atoms with van der Waals surface area (Å²) in [7, 11) is 0. The first-order valence-electron chi connectivity index (χ1n) is 7.26. The summed E-state index contributed by atoms with van der Waals surface area (Å²) in [6.07, 6.45) is 0.865. The van der Waals surface area contributed by atoms with Crippen molar-refractivity contribution in [2.75, 3.05) is 11.9 Å². The standard InChI is InChI=1S/C17H22N2OS/c1-4-18-15-5-6-16(12(2)9-15)17(20)19-13(3)10-14-7-8-21-11-14/h5-9,11,13,18H,4,10H2,1-3H3,(H,19,20). The Morgan fingerprint density at radius 3 is 2.76 bits per heavy atom. The quantitative estimate of drug-likeness (QED) is 0.851. The largest absolute Gasteiger partial charge is 0.385 e. The van der Waals surface area contributed by atoms with Crippen molar-refractivity contribution in [3.63, 3.8) is 0 Å². The third-order valence-electron chi connectivity index (χ3n) is 3.35. The minimum Gasteiger partial charge on any atom is -0.385 e. The molecule has 1 aromatic heterocycles. The molecule has 0 spiro atoms. The number of amides is 1. The number of thiophene rings is 1. The Labute approximate surface area is 130 Å². The van der Waals surface area contributed by atoms with Crippen LogP contribution >= 0.6 is 11.3 Å². The van der Waals surface area contributed by atoms with Crippen LogP contribution in [0.5, 0.6) is 0 Å². The van der Waals surface area contributed by atoms with Gasteiger partial charge in [0.15, 0.2) is 0 Å². The minimum atomic E-state index is -0.00159. The fraction of sp³-hybridized carbons (Fsp3) is 0.353. The first-order chi connectivity index (χ1) is 10.1. The fourth-order valence-electron chi connectivity index (χ4n) is 2.35. The van der Waals surface area contributed by atoms with E-state index in [4.69, 9.17) is 0 Å². The molecule has 2 aromatic rings. The summed E-state index contributed by atoms with van der Waals surface area (Å²) in [5.74, 6) is -0.00159. The van der Waals surface area contributed by atoms with Gasteiger partial charge in [-0.25, -0.2) is 0 Å². The third kappa shape index (κ3) is 4.33. The van der Waals surface area contributed by atoms with E-state index in [2.05, 4.69) is 34.4 Å². The zero-order chi connectivity index (χ0) is 15.2. The molecular formula is C17H22N2OS. The van der Waals surface area contributed by atoms with Gasteiger partial charge in [-0.3, -0.25) is 4.79 Å². The molecule has 1 aromatic carbocycles. The molecule has 0 aliphatic heterocycles. The predicted molar refractivity (Wildman–Crippen MR) is 90.3 cm³/mol. The molecule has 0 fully saturated rings. The highest BCUT2D eigenvalue weighted by Crippen LogP contribution is 2.15. The second kappa shape index (κ2) is 7.27. The number of benzene rings is 1. The minimum absolute atomic E-state index is 0.00159. The third-order valence-corrected chi connectivity index (χ3v) is 4.08. The summed E-state index contributed by atoms with van der Waals surface area (Å²) in [6.45, 7) is 6.95. The SMILES string of the molecule is CCNc1ccc(C(=O)NC(C)Cc2ccsc2)c(C)c1. The van der Waals surface area contributed by atoms with E-state index in [1.165, 1.54) is 5.56 Å². The summed E-state index contributed by atoms with van der Waals surface area (Å²) >= 11 is 1.69. The maximum atomic E-state index is 12.3. The van der Waals surface area contributed by atoms with Gasteiger partial charge >= 0.3 is 0 Å². The van der Waals surface area contributed by atoms with Crippen molar-refractivity contribution in [1.29, 1.82) is 0 Å². The molecule has 1 unspecified atom stereocenters. The first kappa shape index (κ1) is 15.6. The van der Waals surface area contributed by atoms with E-state index in [1.807, 2.05) is 32.0 Å². The maximum absolute atomic E-state index is 12.3. The lowest BCUT2D eigenvalue weighted by atomic mass is 10.1. The molecule has 21 heavy (non-hydrogen) atoms. The zero-order valence-electron chi connectivity index (χ0n) is 12.8. The molecule has 112 valence electrons. The van der Waals surface area contributed by atoms with Gasteiger partial charge in [0.1, 0.15) is 0 Å². The highest BCUT2D eigenvalue weighted by atomic mass is 32.1. The lowest BCUT2D eigenvalue weighted by Gasteiger charge is -2.15. The topological polar surface area (TPSA) is 41.1 Å². The summed E-state index contributed by atoms with van der Waals surface area (Å²) in [6, 6.07) is 8.08. The second-order valence-corrected chi connectivity index (χ2v) is 6.05. The van der Waals surface area contributed by atoms with Gasteiger partial charge in [0.25, 0.3) is 5.91 Å². The van der Waals surface area contributed by atoms with Crippen molar-refractivity contribution < 1.29 is 4.79 Å². The van der Waals surface area contributed by atoms with Crippen molar-refractivity contribution in [1.82, 2.24) is 5.32 Å². The van der Waals surface area contributed by atoms with E-state index in [0.717, 1.165) is 29.8 Å². The molecule has 3 nitrogen and oxygen atoms in total. The number of carbonyl (C=O) groups excluding carboxylic acids is 1. The molecule has 1 amide bonds. The Hall–Kier alpha value is -1.81. The lowest BCUT2D eigenvalue weighted by Crippen LogP contribution is -2.34. The van der Waals surface area contributed by atoms with Crippen LogP contribution in [0.3, 0.4) is 0 Å². The average Bonchev–Trinajstić information content (AvgIpc) is 2.91. The Bertz CT molecular complexity index is 593. The molecule has 0 saturated carbocycles. The van der Waals surface area contributed by atoms with E-state index in [1.54, 1.807) is 11.3 Å². The van der Waals surface area contributed by atoms with Crippen molar-refractivity contribution in [2.24, 2.45) is 0 Å². The second-order valence-electron chi connectivity index (χ2n) is 5.27. The Balaban J connectivity index is 1.99. The Morgan fingerprint density at radius 2 is 2.14 bits per heavy atom. The van der Waals surface area contributed by atoms with Crippen LogP contribution in [0.25, 0.3) is 0 Å². The van der Waals surface area contributed by atoms with E-state index >= 15 is 0 Å². The van der Waals surface area contributed by atoms with Crippen molar-refractivity contribution >= 4 is 22.9 Å². The number of anilines is 1. The molecule has 4 heteroatoms. The number of carbonyl (C=O) groups is 1. The molecule has 2 N–H and O–H groups in total. The lowest BCUT2D eigenvalue weighted by molar-refractivity contribution is 0.0939. The van der Waals surface area contributed by atoms with Crippen LogP contribution in [0.4, 0.5) is 5.69 Å². The van der Waals surface area contributed by atoms with E-state index < -0.39 is 0 Å². The van der Waals surface area contributed by atoms with E-state index in [-0.39, 0.29) is 11.9 Å². The van der Waals surface area contributed by atoms with Crippen LogP contribution < -0.4 is 10.6 Å². The normalized spacial score (nSPS) is 12.0. The van der Waals surface area contributed by atoms with Gasteiger partial charge in [0, 0.05) is 23.8 Å². The van der Waals surface area contributed by atoms with Crippen molar-refractivity contribution in [2.45, 2.75) is 33.2 Å². The molecule has 1 atom stereocenters. The monoisotopic (exact) mass is 302 g/mol. The number of rotatable bonds is 6. The van der Waals surface area contributed by atoms with E-state index in [0.29, 0.717) is 0 Å². The Morgan fingerprint density at radius 1 is 1.33 bits per heavy atom. The van der Waals surface area contributed by atoms with Crippen molar-refractivity contribution in [3.05, 3.63) is 51.7 Å². The highest BCUT2D eigenvalue weighted by molar-refractivity contribution is 7.07. The smallest absolute Gasteiger partial charge is 0.251 e. The predicted octanol–water partition coefficient (Wildman–Crippen LogP) is 3.85. The van der Waals surface area contributed by atoms with Crippen molar-refractivity contribution in [3.8, 4) is 0 Å². The molecule has 0 bridgehead atoms. The van der Waals surface area contributed by atoms with Crippen LogP contribution in [0.1, 0.15) is 35.3 Å². The summed E-state index contributed by atoms with van der Waals surface area (Å²) < 4.78 is 0. The summed E-state index contributed by atoms with van der Waals surface area (Å²) in [4.78, 5) is 12.3. The number of nitrogens with one attached hydrogen (secondary N) is 2. The number of hydrogen-bond acceptors (Lipinski definition) is 3. The summed E-state index contributed by atoms with van der Waals surface area (Å²) in [5.41, 5.74) is 4.06. The number of hydrogen-bond donors (Lipinski definition) is 2. The van der Waals surface area contributed by atoms with Crippen LogP contribution in [0, 0.1) is 6.92 Å². The molecule has 0 aliphatic rings. The fourth-order valence-corrected chi connectivity index (χ4v) is 3.03. The van der Waals surface area contributed by atoms with Gasteiger partial charge in [-0.15, -0.1) is 0 Å². The molecule has 0 saturated heterocycles. The maximum Gasteiger partial charge on any atom is 0.251 e. The van der Waals surface area contributed by atoms with Crippen LogP contribution in [0.2, 0.25) is 0 Å². The molecule has 0 radical (unpaired) electrons. The Kier molecular flexibility index (Phi) is 5.39. The first-order valence-corrected chi connectivity index (χ1v) is 8.21. The van der Waals surface area contributed by atoms with Gasteiger partial charge in [-0.05, 0) is 73.3 Å². The van der Waals surface area contributed by atoms with Gasteiger partial charge in [-0.1, -0.05) is 0 Å². The van der Waals surface area contributed by atoms with Gasteiger partial charge in [0.05, 0.1) is 0 Å². The number of aryl methyl sites for hydroxylation is 1. The molecular weight excluding hydrogens is 280 g/mol. The highest BCUT2D eigenvalue weighted by Gasteiger charge is 2.13. The average molecular weight is 302 g/mol. The van der Waals surface area contributed by atoms with Crippen LogP contribution in [0.15, 0.2) is 35.0 Å². The van der Waals surface area contributed by atoms with Crippen LogP contribution in [-0.2, 0) is 6.42 Å². The summed E-state index contributed by atoms with van der Waals surface area (Å²) in [5, 5.41) is 10.5. The molecule has 0 aliphatic carbocycles. The van der Waals surface area contributed by atoms with Crippen LogP contribution in [-0.4, -0.2) is 18.5 Å². The molecule has 1 heterocycles. The van der Waals surface area contributed by atoms with E-state index in [9.17, 15) is 4.79 Å². The van der Waals surface area contributed by atoms with Gasteiger partial charge in [0.2, 0.25) is 0 Å². The zero-order valence-corrected chi connectivity index (χ0v) is 13.6.